The highest BCUT2D eigenvalue weighted by Gasteiger charge is 2.10. The normalized spacial score (nSPS) is 10.6. The molecular weight excluding hydrogens is 379 g/mol. The van der Waals surface area contributed by atoms with Gasteiger partial charge in [-0.1, -0.05) is 51.3 Å². The number of aromatic nitrogens is 2. The first-order chi connectivity index (χ1) is 10.1. The van der Waals surface area contributed by atoms with E-state index in [-0.39, 0.29) is 16.3 Å². The first-order valence-electron chi connectivity index (χ1n) is 6.30. The highest BCUT2D eigenvalue weighted by atomic mass is 79.9. The summed E-state index contributed by atoms with van der Waals surface area (Å²) in [5.41, 5.74) is 0.588. The van der Waals surface area contributed by atoms with Crippen molar-refractivity contribution < 1.29 is 4.74 Å². The van der Waals surface area contributed by atoms with E-state index in [1.54, 1.807) is 12.1 Å². The van der Waals surface area contributed by atoms with Gasteiger partial charge in [-0.05, 0) is 24.1 Å². The Kier molecular flexibility index (Phi) is 6.08. The molecule has 1 heterocycles. The average Bonchev–Trinajstić information content (AvgIpc) is 2.49. The van der Waals surface area contributed by atoms with Crippen LogP contribution in [0.3, 0.4) is 0 Å². The summed E-state index contributed by atoms with van der Waals surface area (Å²) in [5.74, 6) is 0.284. The molecule has 2 aromatic rings. The summed E-state index contributed by atoms with van der Waals surface area (Å²) in [6.07, 6.45) is 2.27. The molecule has 0 bridgehead atoms. The third kappa shape index (κ3) is 4.46. The lowest BCUT2D eigenvalue weighted by Crippen LogP contribution is -2.24. The van der Waals surface area contributed by atoms with Crippen molar-refractivity contribution in [2.75, 3.05) is 5.33 Å². The SMILES string of the molecule is O=c1c(Cl)c(OCc2ccc(Cl)cc2)cnn1CCCBr. The summed E-state index contributed by atoms with van der Waals surface area (Å²) >= 11 is 15.2. The molecule has 1 aromatic carbocycles. The van der Waals surface area contributed by atoms with Gasteiger partial charge in [0.1, 0.15) is 6.61 Å². The van der Waals surface area contributed by atoms with E-state index in [2.05, 4.69) is 21.0 Å². The summed E-state index contributed by atoms with van der Waals surface area (Å²) in [4.78, 5) is 12.0. The molecule has 0 spiro atoms. The molecule has 0 N–H and O–H groups in total. The molecule has 0 amide bonds. The molecule has 0 unspecified atom stereocenters. The second-order valence-corrected chi connectivity index (χ2v) is 5.92. The van der Waals surface area contributed by atoms with Gasteiger partial charge in [0.2, 0.25) is 0 Å². The Hall–Kier alpha value is -1.04. The Bertz CT molecular complexity index is 659. The van der Waals surface area contributed by atoms with Crippen molar-refractivity contribution in [3.05, 3.63) is 56.4 Å². The lowest BCUT2D eigenvalue weighted by molar-refractivity contribution is 0.302. The summed E-state index contributed by atoms with van der Waals surface area (Å²) in [5, 5.41) is 5.56. The molecule has 1 aromatic heterocycles. The second kappa shape index (κ2) is 7.82. The predicted molar refractivity (Wildman–Crippen MR) is 87.7 cm³/mol. The van der Waals surface area contributed by atoms with Crippen LogP contribution >= 0.6 is 39.1 Å². The smallest absolute Gasteiger partial charge is 0.289 e. The first-order valence-corrected chi connectivity index (χ1v) is 8.18. The summed E-state index contributed by atoms with van der Waals surface area (Å²) in [6.45, 7) is 0.810. The largest absolute Gasteiger partial charge is 0.485 e. The van der Waals surface area contributed by atoms with Gasteiger partial charge in [0.15, 0.2) is 10.8 Å². The number of aryl methyl sites for hydroxylation is 1. The third-order valence-corrected chi connectivity index (χ3v) is 3.92. The van der Waals surface area contributed by atoms with E-state index in [9.17, 15) is 4.79 Å². The Morgan fingerprint density at radius 3 is 2.62 bits per heavy atom. The van der Waals surface area contributed by atoms with E-state index in [1.165, 1.54) is 10.9 Å². The predicted octanol–water partition coefficient (Wildman–Crippen LogP) is 3.91. The van der Waals surface area contributed by atoms with E-state index >= 15 is 0 Å². The van der Waals surface area contributed by atoms with Gasteiger partial charge < -0.3 is 4.74 Å². The molecular formula is C14H13BrCl2N2O2. The lowest BCUT2D eigenvalue weighted by atomic mass is 10.2. The van der Waals surface area contributed by atoms with Crippen molar-refractivity contribution in [3.8, 4) is 5.75 Å². The minimum absolute atomic E-state index is 0.0496. The fourth-order valence-electron chi connectivity index (χ4n) is 1.66. The van der Waals surface area contributed by atoms with Crippen molar-refractivity contribution in [1.82, 2.24) is 9.78 Å². The molecule has 4 nitrogen and oxygen atoms in total. The number of alkyl halides is 1. The third-order valence-electron chi connectivity index (χ3n) is 2.76. The number of nitrogens with zero attached hydrogens (tertiary/aromatic N) is 2. The molecule has 0 saturated heterocycles. The van der Waals surface area contributed by atoms with Crippen LogP contribution < -0.4 is 10.3 Å². The number of ether oxygens (including phenoxy) is 1. The van der Waals surface area contributed by atoms with Crippen molar-refractivity contribution >= 4 is 39.1 Å². The molecule has 112 valence electrons. The number of hydrogen-bond donors (Lipinski definition) is 0. The monoisotopic (exact) mass is 390 g/mol. The number of halogens is 3. The molecule has 0 radical (unpaired) electrons. The van der Waals surface area contributed by atoms with Gasteiger partial charge in [0, 0.05) is 16.9 Å². The molecule has 0 saturated carbocycles. The van der Waals surface area contributed by atoms with Gasteiger partial charge in [0.05, 0.1) is 6.20 Å². The van der Waals surface area contributed by atoms with Gasteiger partial charge in [-0.25, -0.2) is 4.68 Å². The highest BCUT2D eigenvalue weighted by molar-refractivity contribution is 9.09. The second-order valence-electron chi connectivity index (χ2n) is 4.31. The average molecular weight is 392 g/mol. The zero-order chi connectivity index (χ0) is 15.2. The molecule has 2 rings (SSSR count). The van der Waals surface area contributed by atoms with Crippen LogP contribution in [0, 0.1) is 0 Å². The number of rotatable bonds is 6. The Balaban J connectivity index is 2.08. The maximum atomic E-state index is 12.0. The van der Waals surface area contributed by atoms with E-state index < -0.39 is 0 Å². The van der Waals surface area contributed by atoms with Crippen LogP contribution in [-0.4, -0.2) is 15.1 Å². The van der Waals surface area contributed by atoms with Crippen LogP contribution in [0.1, 0.15) is 12.0 Å². The summed E-state index contributed by atoms with van der Waals surface area (Å²) in [7, 11) is 0. The molecule has 7 heteroatoms. The van der Waals surface area contributed by atoms with Crippen molar-refractivity contribution in [1.29, 1.82) is 0 Å². The quantitative estimate of drug-likeness (QED) is 0.701. The van der Waals surface area contributed by atoms with E-state index in [1.807, 2.05) is 12.1 Å². The zero-order valence-corrected chi connectivity index (χ0v) is 14.2. The van der Waals surface area contributed by atoms with Gasteiger partial charge >= 0.3 is 0 Å². The standard InChI is InChI=1S/C14H13BrCl2N2O2/c15-6-1-7-19-14(20)13(17)12(8-18-19)21-9-10-2-4-11(16)5-3-10/h2-5,8H,1,6-7,9H2. The van der Waals surface area contributed by atoms with Crippen molar-refractivity contribution in [2.45, 2.75) is 19.6 Å². The van der Waals surface area contributed by atoms with Crippen LogP contribution in [0.25, 0.3) is 0 Å². The fraction of sp³-hybridized carbons (Fsp3) is 0.286. The minimum Gasteiger partial charge on any atom is -0.485 e. The Labute approximate surface area is 140 Å². The maximum Gasteiger partial charge on any atom is 0.289 e. The maximum absolute atomic E-state index is 12.0. The molecule has 0 aliphatic carbocycles. The van der Waals surface area contributed by atoms with Crippen LogP contribution in [0.5, 0.6) is 5.75 Å². The van der Waals surface area contributed by atoms with Crippen molar-refractivity contribution in [2.24, 2.45) is 0 Å². The van der Waals surface area contributed by atoms with Crippen LogP contribution in [0.2, 0.25) is 10.0 Å². The van der Waals surface area contributed by atoms with Crippen LogP contribution in [0.4, 0.5) is 0 Å². The fourth-order valence-corrected chi connectivity index (χ4v) is 2.24. The van der Waals surface area contributed by atoms with E-state index in [0.29, 0.717) is 18.2 Å². The lowest BCUT2D eigenvalue weighted by Gasteiger charge is -2.09. The highest BCUT2D eigenvalue weighted by Crippen LogP contribution is 2.20. The van der Waals surface area contributed by atoms with Gasteiger partial charge in [-0.3, -0.25) is 4.79 Å². The molecule has 0 aliphatic heterocycles. The minimum atomic E-state index is -0.341. The van der Waals surface area contributed by atoms with Crippen LogP contribution in [0.15, 0.2) is 35.3 Å². The first kappa shape index (κ1) is 16.3. The van der Waals surface area contributed by atoms with Crippen molar-refractivity contribution in [3.63, 3.8) is 0 Å². The van der Waals surface area contributed by atoms with Crippen LogP contribution in [-0.2, 0) is 13.2 Å². The van der Waals surface area contributed by atoms with E-state index in [4.69, 9.17) is 27.9 Å². The van der Waals surface area contributed by atoms with Gasteiger partial charge in [-0.15, -0.1) is 0 Å². The zero-order valence-electron chi connectivity index (χ0n) is 11.1. The Morgan fingerprint density at radius 1 is 1.24 bits per heavy atom. The summed E-state index contributed by atoms with van der Waals surface area (Å²) in [6, 6.07) is 7.25. The summed E-state index contributed by atoms with van der Waals surface area (Å²) < 4.78 is 6.87. The van der Waals surface area contributed by atoms with Gasteiger partial charge in [-0.2, -0.15) is 5.10 Å². The molecule has 0 aliphatic rings. The van der Waals surface area contributed by atoms with Gasteiger partial charge in [0.25, 0.3) is 5.56 Å². The number of benzene rings is 1. The van der Waals surface area contributed by atoms with E-state index in [0.717, 1.165) is 17.3 Å². The topological polar surface area (TPSA) is 44.1 Å². The molecule has 0 fully saturated rings. The molecule has 0 atom stereocenters. The molecule has 21 heavy (non-hydrogen) atoms. The Morgan fingerprint density at radius 2 is 1.95 bits per heavy atom. The number of hydrogen-bond acceptors (Lipinski definition) is 3.